The lowest BCUT2D eigenvalue weighted by molar-refractivity contribution is 0.634. The van der Waals surface area contributed by atoms with Crippen LogP contribution in [0.3, 0.4) is 0 Å². The number of guanidine groups is 1. The average molecular weight is 522 g/mol. The number of para-hydroxylation sites is 1. The summed E-state index contributed by atoms with van der Waals surface area (Å²) in [5.74, 6) is 1.56. The molecule has 0 fully saturated rings. The second kappa shape index (κ2) is 11.1. The summed E-state index contributed by atoms with van der Waals surface area (Å²) in [4.78, 5) is 4.72. The Morgan fingerprint density at radius 1 is 1.20 bits per heavy atom. The number of aryl methyl sites for hydroxylation is 2. The lowest BCUT2D eigenvalue weighted by Gasteiger charge is -2.18. The lowest BCUT2D eigenvalue weighted by atomic mass is 10.1. The van der Waals surface area contributed by atoms with E-state index in [0.717, 1.165) is 36.1 Å². The number of hydrogen-bond acceptors (Lipinski definition) is 4. The Kier molecular flexibility index (Phi) is 8.82. The van der Waals surface area contributed by atoms with E-state index in [1.165, 1.54) is 11.3 Å². The molecule has 0 radical (unpaired) electrons. The Balaban J connectivity index is 0.00000320. The van der Waals surface area contributed by atoms with Gasteiger partial charge in [-0.2, -0.15) is 5.10 Å². The number of aliphatic imine (C=N–C) groups is 1. The van der Waals surface area contributed by atoms with E-state index in [-0.39, 0.29) is 30.0 Å². The zero-order chi connectivity index (χ0) is 20.8. The summed E-state index contributed by atoms with van der Waals surface area (Å²) in [6.45, 7) is 9.61. The molecular formula is C21H31IN8. The first-order chi connectivity index (χ1) is 14.0. The maximum atomic E-state index is 4.72. The summed E-state index contributed by atoms with van der Waals surface area (Å²) in [6, 6.07) is 10.3. The van der Waals surface area contributed by atoms with Crippen molar-refractivity contribution in [3.05, 3.63) is 59.4 Å². The zero-order valence-corrected chi connectivity index (χ0v) is 20.6. The van der Waals surface area contributed by atoms with Crippen molar-refractivity contribution in [3.8, 4) is 5.69 Å². The van der Waals surface area contributed by atoms with Gasteiger partial charge in [-0.1, -0.05) is 18.2 Å². The number of hydrogen-bond donors (Lipinski definition) is 2. The molecule has 0 saturated carbocycles. The highest BCUT2D eigenvalue weighted by molar-refractivity contribution is 14.0. The van der Waals surface area contributed by atoms with Crippen LogP contribution in [0.1, 0.15) is 36.6 Å². The van der Waals surface area contributed by atoms with Crippen molar-refractivity contribution in [2.24, 2.45) is 12.0 Å². The van der Waals surface area contributed by atoms with Gasteiger partial charge in [0, 0.05) is 31.0 Å². The van der Waals surface area contributed by atoms with Gasteiger partial charge in [0.1, 0.15) is 12.9 Å². The second-order valence-corrected chi connectivity index (χ2v) is 7.17. The fraction of sp³-hybridized carbons (Fsp3) is 0.429. The van der Waals surface area contributed by atoms with Gasteiger partial charge in [0.15, 0.2) is 11.8 Å². The van der Waals surface area contributed by atoms with Gasteiger partial charge in [0.2, 0.25) is 0 Å². The van der Waals surface area contributed by atoms with E-state index in [0.29, 0.717) is 6.54 Å². The van der Waals surface area contributed by atoms with Crippen molar-refractivity contribution in [1.82, 2.24) is 35.2 Å². The summed E-state index contributed by atoms with van der Waals surface area (Å²) in [6.07, 6.45) is 2.60. The van der Waals surface area contributed by atoms with Crippen LogP contribution >= 0.6 is 24.0 Å². The molecule has 3 rings (SSSR count). The molecule has 162 valence electrons. The molecule has 0 spiro atoms. The van der Waals surface area contributed by atoms with Gasteiger partial charge in [-0.15, -0.1) is 34.2 Å². The molecule has 9 heteroatoms. The second-order valence-electron chi connectivity index (χ2n) is 7.17. The normalized spacial score (nSPS) is 12.4. The third-order valence-corrected chi connectivity index (χ3v) is 4.93. The van der Waals surface area contributed by atoms with Crippen LogP contribution in [-0.2, 0) is 20.0 Å². The van der Waals surface area contributed by atoms with Gasteiger partial charge in [-0.3, -0.25) is 9.25 Å². The summed E-state index contributed by atoms with van der Waals surface area (Å²) in [5.41, 5.74) is 4.59. The molecule has 1 aromatic carbocycles. The van der Waals surface area contributed by atoms with E-state index in [4.69, 9.17) is 4.99 Å². The molecular weight excluding hydrogens is 491 g/mol. The number of rotatable bonds is 7. The minimum Gasteiger partial charge on any atom is -0.357 e. The Bertz CT molecular complexity index is 961. The third kappa shape index (κ3) is 5.80. The SMILES string of the molecule is CCNC(=NCc1nncn1-c1ccccc1)NC(C)Cc1c(C)nn(C)c1C.I. The van der Waals surface area contributed by atoms with Crippen LogP contribution in [0.2, 0.25) is 0 Å². The van der Waals surface area contributed by atoms with Gasteiger partial charge in [-0.05, 0) is 51.8 Å². The summed E-state index contributed by atoms with van der Waals surface area (Å²) >= 11 is 0. The highest BCUT2D eigenvalue weighted by Crippen LogP contribution is 2.14. The number of nitrogens with one attached hydrogen (secondary N) is 2. The van der Waals surface area contributed by atoms with Crippen molar-refractivity contribution in [2.45, 2.75) is 46.7 Å². The number of benzene rings is 1. The smallest absolute Gasteiger partial charge is 0.191 e. The van der Waals surface area contributed by atoms with Crippen molar-refractivity contribution in [2.75, 3.05) is 6.54 Å². The molecule has 8 nitrogen and oxygen atoms in total. The van der Waals surface area contributed by atoms with Gasteiger partial charge < -0.3 is 10.6 Å². The standard InChI is InChI=1S/C21H30N8.HI/c1-6-22-21(25-15(2)12-19-16(3)27-28(5)17(19)4)23-13-20-26-24-14-29(20)18-10-8-7-9-11-18;/h7-11,14-15H,6,12-13H2,1-5H3,(H2,22,23,25);1H. The zero-order valence-electron chi connectivity index (χ0n) is 18.3. The molecule has 2 N–H and O–H groups in total. The van der Waals surface area contributed by atoms with Crippen LogP contribution in [0.25, 0.3) is 5.69 Å². The van der Waals surface area contributed by atoms with Crippen molar-refractivity contribution < 1.29 is 0 Å². The van der Waals surface area contributed by atoms with Crippen LogP contribution in [-0.4, -0.2) is 43.1 Å². The average Bonchev–Trinajstić information content (AvgIpc) is 3.27. The predicted molar refractivity (Wildman–Crippen MR) is 131 cm³/mol. The first-order valence-electron chi connectivity index (χ1n) is 9.97. The Labute approximate surface area is 195 Å². The molecule has 0 bridgehead atoms. The number of halogens is 1. The molecule has 1 atom stereocenters. The van der Waals surface area contributed by atoms with Gasteiger partial charge in [-0.25, -0.2) is 4.99 Å². The first-order valence-corrected chi connectivity index (χ1v) is 9.97. The topological polar surface area (TPSA) is 84.9 Å². The number of aromatic nitrogens is 5. The predicted octanol–water partition coefficient (Wildman–Crippen LogP) is 2.92. The molecule has 0 aliphatic heterocycles. The van der Waals surface area contributed by atoms with Crippen LogP contribution < -0.4 is 10.6 Å². The van der Waals surface area contributed by atoms with Crippen LogP contribution in [0.4, 0.5) is 0 Å². The maximum absolute atomic E-state index is 4.72. The molecule has 30 heavy (non-hydrogen) atoms. The largest absolute Gasteiger partial charge is 0.357 e. The van der Waals surface area contributed by atoms with Crippen LogP contribution in [0.5, 0.6) is 0 Å². The van der Waals surface area contributed by atoms with E-state index >= 15 is 0 Å². The van der Waals surface area contributed by atoms with E-state index in [1.807, 2.05) is 46.6 Å². The molecule has 2 aromatic heterocycles. The molecule has 0 saturated heterocycles. The van der Waals surface area contributed by atoms with Crippen LogP contribution in [0.15, 0.2) is 41.7 Å². The monoisotopic (exact) mass is 522 g/mol. The van der Waals surface area contributed by atoms with Crippen molar-refractivity contribution in [1.29, 1.82) is 0 Å². The quantitative estimate of drug-likeness (QED) is 0.283. The lowest BCUT2D eigenvalue weighted by Crippen LogP contribution is -2.43. The minimum atomic E-state index is 0. The minimum absolute atomic E-state index is 0. The van der Waals surface area contributed by atoms with Gasteiger partial charge in [0.05, 0.1) is 5.69 Å². The van der Waals surface area contributed by atoms with Crippen LogP contribution in [0, 0.1) is 13.8 Å². The highest BCUT2D eigenvalue weighted by atomic mass is 127. The molecule has 0 aliphatic carbocycles. The molecule has 0 aliphatic rings. The maximum Gasteiger partial charge on any atom is 0.191 e. The summed E-state index contributed by atoms with van der Waals surface area (Å²) in [7, 11) is 1.98. The Morgan fingerprint density at radius 2 is 1.93 bits per heavy atom. The molecule has 1 unspecified atom stereocenters. The summed E-state index contributed by atoms with van der Waals surface area (Å²) in [5, 5.41) is 19.6. The Hall–Kier alpha value is -2.43. The first kappa shape index (κ1) is 23.8. The fourth-order valence-electron chi connectivity index (χ4n) is 3.34. The van der Waals surface area contributed by atoms with E-state index in [9.17, 15) is 0 Å². The van der Waals surface area contributed by atoms with Gasteiger partial charge in [0.25, 0.3) is 0 Å². The third-order valence-electron chi connectivity index (χ3n) is 4.93. The van der Waals surface area contributed by atoms with E-state index in [1.54, 1.807) is 6.33 Å². The molecule has 2 heterocycles. The summed E-state index contributed by atoms with van der Waals surface area (Å²) < 4.78 is 3.89. The van der Waals surface area contributed by atoms with Crippen molar-refractivity contribution in [3.63, 3.8) is 0 Å². The molecule has 0 amide bonds. The number of nitrogens with zero attached hydrogens (tertiary/aromatic N) is 6. The van der Waals surface area contributed by atoms with Gasteiger partial charge >= 0.3 is 0 Å². The highest BCUT2D eigenvalue weighted by Gasteiger charge is 2.14. The van der Waals surface area contributed by atoms with E-state index < -0.39 is 0 Å². The fourth-order valence-corrected chi connectivity index (χ4v) is 3.34. The Morgan fingerprint density at radius 3 is 2.57 bits per heavy atom. The van der Waals surface area contributed by atoms with Crippen molar-refractivity contribution >= 4 is 29.9 Å². The molecule has 3 aromatic rings. The van der Waals surface area contributed by atoms with E-state index in [2.05, 4.69) is 53.6 Å².